The standard InChI is InChI=1S/C12H20N2O2S/c1-4-14(3)17(15,16)10-12-7-5-11(6-8-12)9-13-2/h5-8,13H,4,9-10H2,1-3H3. The zero-order chi connectivity index (χ0) is 12.9. The summed E-state index contributed by atoms with van der Waals surface area (Å²) in [7, 11) is 0.315. The fourth-order valence-corrected chi connectivity index (χ4v) is 2.70. The van der Waals surface area contributed by atoms with Gasteiger partial charge in [0.25, 0.3) is 0 Å². The van der Waals surface area contributed by atoms with Gasteiger partial charge < -0.3 is 5.32 Å². The lowest BCUT2D eigenvalue weighted by Gasteiger charge is -2.14. The Morgan fingerprint density at radius 3 is 2.18 bits per heavy atom. The number of hydrogen-bond donors (Lipinski definition) is 1. The summed E-state index contributed by atoms with van der Waals surface area (Å²) in [5, 5.41) is 3.05. The first-order chi connectivity index (χ1) is 7.99. The lowest BCUT2D eigenvalue weighted by molar-refractivity contribution is 0.485. The zero-order valence-corrected chi connectivity index (χ0v) is 11.4. The lowest BCUT2D eigenvalue weighted by Crippen LogP contribution is -2.27. The summed E-state index contributed by atoms with van der Waals surface area (Å²) in [6, 6.07) is 7.64. The molecule has 17 heavy (non-hydrogen) atoms. The zero-order valence-electron chi connectivity index (χ0n) is 10.6. The highest BCUT2D eigenvalue weighted by Gasteiger charge is 2.16. The molecule has 1 aromatic rings. The summed E-state index contributed by atoms with van der Waals surface area (Å²) < 4.78 is 25.1. The van der Waals surface area contributed by atoms with Gasteiger partial charge in [0.15, 0.2) is 0 Å². The van der Waals surface area contributed by atoms with Gasteiger partial charge in [-0.1, -0.05) is 31.2 Å². The SMILES string of the molecule is CCN(C)S(=O)(=O)Cc1ccc(CNC)cc1. The number of sulfonamides is 1. The summed E-state index contributed by atoms with van der Waals surface area (Å²) in [6.45, 7) is 3.12. The maximum Gasteiger partial charge on any atom is 0.218 e. The minimum absolute atomic E-state index is 0.0666. The molecule has 0 spiro atoms. The minimum atomic E-state index is -3.17. The first-order valence-corrected chi connectivity index (χ1v) is 7.27. The van der Waals surface area contributed by atoms with E-state index < -0.39 is 10.0 Å². The molecule has 0 atom stereocenters. The van der Waals surface area contributed by atoms with E-state index in [2.05, 4.69) is 5.32 Å². The average molecular weight is 256 g/mol. The largest absolute Gasteiger partial charge is 0.316 e. The molecule has 5 heteroatoms. The molecule has 0 saturated carbocycles. The van der Waals surface area contributed by atoms with E-state index in [1.807, 2.05) is 38.2 Å². The van der Waals surface area contributed by atoms with Crippen LogP contribution in [-0.4, -0.2) is 33.4 Å². The van der Waals surface area contributed by atoms with Gasteiger partial charge in [0.1, 0.15) is 0 Å². The van der Waals surface area contributed by atoms with Gasteiger partial charge >= 0.3 is 0 Å². The molecule has 0 aromatic heterocycles. The van der Waals surface area contributed by atoms with Crippen LogP contribution >= 0.6 is 0 Å². The Bertz CT molecular complexity index is 440. The van der Waals surface area contributed by atoms with E-state index in [1.54, 1.807) is 7.05 Å². The van der Waals surface area contributed by atoms with E-state index in [0.717, 1.165) is 17.7 Å². The van der Waals surface area contributed by atoms with Gasteiger partial charge in [0.2, 0.25) is 10.0 Å². The maximum atomic E-state index is 11.9. The van der Waals surface area contributed by atoms with Crippen molar-refractivity contribution < 1.29 is 8.42 Å². The molecule has 0 bridgehead atoms. The van der Waals surface area contributed by atoms with Crippen molar-refractivity contribution in [3.8, 4) is 0 Å². The average Bonchev–Trinajstić information content (AvgIpc) is 2.30. The molecule has 0 aliphatic carbocycles. The molecule has 0 aliphatic heterocycles. The van der Waals surface area contributed by atoms with Crippen molar-refractivity contribution in [1.82, 2.24) is 9.62 Å². The summed E-state index contributed by atoms with van der Waals surface area (Å²) in [5.41, 5.74) is 1.97. The smallest absolute Gasteiger partial charge is 0.218 e. The Balaban J connectivity index is 2.75. The molecule has 0 unspecified atom stereocenters. The third kappa shape index (κ3) is 4.11. The van der Waals surface area contributed by atoms with Crippen LogP contribution in [0.1, 0.15) is 18.1 Å². The van der Waals surface area contributed by atoms with Gasteiger partial charge in [-0.15, -0.1) is 0 Å². The second-order valence-corrected chi connectivity index (χ2v) is 6.09. The van der Waals surface area contributed by atoms with Gasteiger partial charge in [0.05, 0.1) is 5.75 Å². The van der Waals surface area contributed by atoms with Crippen LogP contribution in [0.4, 0.5) is 0 Å². The van der Waals surface area contributed by atoms with E-state index in [4.69, 9.17) is 0 Å². The first-order valence-electron chi connectivity index (χ1n) is 5.66. The molecule has 0 heterocycles. The van der Waals surface area contributed by atoms with E-state index in [1.165, 1.54) is 4.31 Å². The van der Waals surface area contributed by atoms with Gasteiger partial charge in [-0.05, 0) is 18.2 Å². The van der Waals surface area contributed by atoms with Crippen LogP contribution in [-0.2, 0) is 22.3 Å². The number of nitrogens with zero attached hydrogens (tertiary/aromatic N) is 1. The van der Waals surface area contributed by atoms with Crippen LogP contribution in [0, 0.1) is 0 Å². The molecule has 0 aliphatic rings. The molecule has 1 N–H and O–H groups in total. The molecular formula is C12H20N2O2S. The van der Waals surface area contributed by atoms with Gasteiger partial charge in [0, 0.05) is 20.1 Å². The van der Waals surface area contributed by atoms with E-state index in [9.17, 15) is 8.42 Å². The van der Waals surface area contributed by atoms with Gasteiger partial charge in [-0.3, -0.25) is 0 Å². The summed E-state index contributed by atoms with van der Waals surface area (Å²) in [4.78, 5) is 0. The van der Waals surface area contributed by atoms with Crippen LogP contribution in [0.2, 0.25) is 0 Å². The van der Waals surface area contributed by atoms with Crippen molar-refractivity contribution in [1.29, 1.82) is 0 Å². The molecular weight excluding hydrogens is 236 g/mol. The second kappa shape index (κ2) is 6.14. The van der Waals surface area contributed by atoms with Crippen molar-refractivity contribution in [2.45, 2.75) is 19.2 Å². The van der Waals surface area contributed by atoms with Crippen molar-refractivity contribution in [2.24, 2.45) is 0 Å². The van der Waals surface area contributed by atoms with Crippen molar-refractivity contribution in [2.75, 3.05) is 20.6 Å². The Kier molecular flexibility index (Phi) is 5.11. The first kappa shape index (κ1) is 14.2. The number of rotatable bonds is 6. The molecule has 1 aromatic carbocycles. The molecule has 4 nitrogen and oxygen atoms in total. The third-order valence-corrected chi connectivity index (χ3v) is 4.58. The highest BCUT2D eigenvalue weighted by atomic mass is 32.2. The quantitative estimate of drug-likeness (QED) is 0.831. The van der Waals surface area contributed by atoms with Crippen molar-refractivity contribution >= 4 is 10.0 Å². The Morgan fingerprint density at radius 2 is 1.71 bits per heavy atom. The predicted molar refractivity (Wildman–Crippen MR) is 70.1 cm³/mol. The van der Waals surface area contributed by atoms with Crippen LogP contribution in [0.25, 0.3) is 0 Å². The molecule has 0 radical (unpaired) electrons. The van der Waals surface area contributed by atoms with Crippen LogP contribution in [0.3, 0.4) is 0 Å². The lowest BCUT2D eigenvalue weighted by atomic mass is 10.1. The molecule has 0 fully saturated rings. The molecule has 0 amide bonds. The molecule has 1 rings (SSSR count). The maximum absolute atomic E-state index is 11.9. The number of benzene rings is 1. The second-order valence-electron chi connectivity index (χ2n) is 4.02. The summed E-state index contributed by atoms with van der Waals surface area (Å²) in [5.74, 6) is 0.0666. The van der Waals surface area contributed by atoms with Gasteiger partial charge in [-0.2, -0.15) is 0 Å². The van der Waals surface area contributed by atoms with Crippen LogP contribution < -0.4 is 5.32 Å². The topological polar surface area (TPSA) is 49.4 Å². The summed E-state index contributed by atoms with van der Waals surface area (Å²) in [6.07, 6.45) is 0. The Labute approximate surface area is 104 Å². The molecule has 0 saturated heterocycles. The highest BCUT2D eigenvalue weighted by molar-refractivity contribution is 7.88. The minimum Gasteiger partial charge on any atom is -0.316 e. The Morgan fingerprint density at radius 1 is 1.18 bits per heavy atom. The number of hydrogen-bond acceptors (Lipinski definition) is 3. The van der Waals surface area contributed by atoms with E-state index in [0.29, 0.717) is 6.54 Å². The van der Waals surface area contributed by atoms with Crippen molar-refractivity contribution in [3.63, 3.8) is 0 Å². The van der Waals surface area contributed by atoms with E-state index in [-0.39, 0.29) is 5.75 Å². The van der Waals surface area contributed by atoms with Crippen LogP contribution in [0.5, 0.6) is 0 Å². The fraction of sp³-hybridized carbons (Fsp3) is 0.500. The normalized spacial score (nSPS) is 12.0. The summed E-state index contributed by atoms with van der Waals surface area (Å²) >= 11 is 0. The molecule has 96 valence electrons. The predicted octanol–water partition coefficient (Wildman–Crippen LogP) is 1.19. The highest BCUT2D eigenvalue weighted by Crippen LogP contribution is 2.10. The van der Waals surface area contributed by atoms with Crippen LogP contribution in [0.15, 0.2) is 24.3 Å². The fourth-order valence-electron chi connectivity index (χ4n) is 1.47. The number of nitrogens with one attached hydrogen (secondary N) is 1. The van der Waals surface area contributed by atoms with Crippen molar-refractivity contribution in [3.05, 3.63) is 35.4 Å². The monoisotopic (exact) mass is 256 g/mol. The van der Waals surface area contributed by atoms with E-state index >= 15 is 0 Å². The third-order valence-electron chi connectivity index (χ3n) is 2.67. The van der Waals surface area contributed by atoms with Gasteiger partial charge in [-0.25, -0.2) is 12.7 Å². The Hall–Kier alpha value is -0.910.